The topological polar surface area (TPSA) is 58.3 Å². The quantitative estimate of drug-likeness (QED) is 0.814. The van der Waals surface area contributed by atoms with Gasteiger partial charge >= 0.3 is 0 Å². The molecular formula is C12H14N2O2. The van der Waals surface area contributed by atoms with E-state index in [1.54, 1.807) is 28.9 Å². The molecule has 0 aliphatic carbocycles. The normalized spacial score (nSPS) is 10.9. The molecule has 0 unspecified atom stereocenters. The lowest BCUT2D eigenvalue weighted by Gasteiger charge is -2.11. The summed E-state index contributed by atoms with van der Waals surface area (Å²) < 4.78 is 1.75. The van der Waals surface area contributed by atoms with Gasteiger partial charge in [0, 0.05) is 11.6 Å². The lowest BCUT2D eigenvalue weighted by molar-refractivity contribution is 0.472. The van der Waals surface area contributed by atoms with Crippen molar-refractivity contribution in [3.05, 3.63) is 30.5 Å². The van der Waals surface area contributed by atoms with Gasteiger partial charge in [0.05, 0.1) is 6.20 Å². The summed E-state index contributed by atoms with van der Waals surface area (Å²) in [5.41, 5.74) is 1.51. The van der Waals surface area contributed by atoms with Gasteiger partial charge in [-0.15, -0.1) is 0 Å². The Morgan fingerprint density at radius 3 is 2.31 bits per heavy atom. The Morgan fingerprint density at radius 2 is 1.75 bits per heavy atom. The van der Waals surface area contributed by atoms with Crippen LogP contribution in [0.15, 0.2) is 30.5 Å². The van der Waals surface area contributed by atoms with Crippen molar-refractivity contribution in [2.24, 2.45) is 0 Å². The molecule has 0 fully saturated rings. The van der Waals surface area contributed by atoms with Crippen molar-refractivity contribution in [2.75, 3.05) is 0 Å². The molecule has 0 saturated carbocycles. The van der Waals surface area contributed by atoms with Gasteiger partial charge in [-0.25, -0.2) is 0 Å². The third-order valence-electron chi connectivity index (χ3n) is 2.41. The molecular weight excluding hydrogens is 204 g/mol. The number of benzene rings is 1. The summed E-state index contributed by atoms with van der Waals surface area (Å²) in [4.78, 5) is 0. The van der Waals surface area contributed by atoms with Crippen molar-refractivity contribution in [2.45, 2.75) is 19.9 Å². The molecule has 2 N–H and O–H groups in total. The zero-order chi connectivity index (χ0) is 11.7. The maximum Gasteiger partial charge on any atom is 0.161 e. The van der Waals surface area contributed by atoms with Gasteiger partial charge in [0.1, 0.15) is 11.4 Å². The van der Waals surface area contributed by atoms with Gasteiger partial charge in [0.15, 0.2) is 5.75 Å². The predicted octanol–water partition coefficient (Wildman–Crippen LogP) is 2.54. The van der Waals surface area contributed by atoms with Gasteiger partial charge in [-0.1, -0.05) is 0 Å². The van der Waals surface area contributed by atoms with Crippen molar-refractivity contribution < 1.29 is 10.2 Å². The zero-order valence-corrected chi connectivity index (χ0v) is 9.25. The van der Waals surface area contributed by atoms with E-state index in [0.29, 0.717) is 5.69 Å². The van der Waals surface area contributed by atoms with Crippen molar-refractivity contribution in [1.29, 1.82) is 0 Å². The Labute approximate surface area is 93.8 Å². The highest BCUT2D eigenvalue weighted by atomic mass is 16.3. The second-order valence-corrected chi connectivity index (χ2v) is 3.96. The molecule has 0 amide bonds. The number of hydrogen-bond acceptors (Lipinski definition) is 3. The predicted molar refractivity (Wildman–Crippen MR) is 61.4 cm³/mol. The Bertz CT molecular complexity index is 486. The standard InChI is InChI=1S/C12H14N2O2/c1-8(2)14-12(11(16)7-13-14)9-3-5-10(15)6-4-9/h3-8,15-16H,1-2H3. The lowest BCUT2D eigenvalue weighted by Crippen LogP contribution is -2.04. The summed E-state index contributed by atoms with van der Waals surface area (Å²) in [7, 11) is 0. The number of aromatic hydroxyl groups is 2. The Morgan fingerprint density at radius 1 is 1.12 bits per heavy atom. The van der Waals surface area contributed by atoms with Gasteiger partial charge in [0.2, 0.25) is 0 Å². The summed E-state index contributed by atoms with van der Waals surface area (Å²) in [6.07, 6.45) is 1.43. The van der Waals surface area contributed by atoms with Crippen LogP contribution in [0.25, 0.3) is 11.3 Å². The van der Waals surface area contributed by atoms with Gasteiger partial charge < -0.3 is 10.2 Å². The summed E-state index contributed by atoms with van der Waals surface area (Å²) in [6.45, 7) is 3.99. The van der Waals surface area contributed by atoms with E-state index in [4.69, 9.17) is 0 Å². The molecule has 2 aromatic rings. The molecule has 16 heavy (non-hydrogen) atoms. The highest BCUT2D eigenvalue weighted by molar-refractivity contribution is 5.66. The van der Waals surface area contributed by atoms with Crippen LogP contribution in [-0.2, 0) is 0 Å². The fourth-order valence-corrected chi connectivity index (χ4v) is 1.64. The van der Waals surface area contributed by atoms with E-state index in [9.17, 15) is 10.2 Å². The number of phenolic OH excluding ortho intramolecular Hbond substituents is 1. The molecule has 4 nitrogen and oxygen atoms in total. The first-order valence-electron chi connectivity index (χ1n) is 5.15. The number of phenols is 1. The number of rotatable bonds is 2. The van der Waals surface area contributed by atoms with E-state index in [0.717, 1.165) is 5.56 Å². The fourth-order valence-electron chi connectivity index (χ4n) is 1.64. The molecule has 0 atom stereocenters. The van der Waals surface area contributed by atoms with Gasteiger partial charge in [-0.2, -0.15) is 5.10 Å². The van der Waals surface area contributed by atoms with Crippen molar-refractivity contribution in [3.63, 3.8) is 0 Å². The molecule has 0 aliphatic heterocycles. The molecule has 1 aromatic heterocycles. The van der Waals surface area contributed by atoms with Crippen molar-refractivity contribution >= 4 is 0 Å². The average molecular weight is 218 g/mol. The van der Waals surface area contributed by atoms with Crippen LogP contribution in [0, 0.1) is 0 Å². The molecule has 0 aliphatic rings. The Hall–Kier alpha value is -1.97. The summed E-state index contributed by atoms with van der Waals surface area (Å²) in [5, 5.41) is 23.1. The fraction of sp³-hybridized carbons (Fsp3) is 0.250. The summed E-state index contributed by atoms with van der Waals surface area (Å²) in [5.74, 6) is 0.359. The highest BCUT2D eigenvalue weighted by Crippen LogP contribution is 2.31. The maximum atomic E-state index is 9.76. The van der Waals surface area contributed by atoms with E-state index < -0.39 is 0 Å². The van der Waals surface area contributed by atoms with Gasteiger partial charge in [-0.3, -0.25) is 4.68 Å². The van der Waals surface area contributed by atoms with Crippen LogP contribution < -0.4 is 0 Å². The van der Waals surface area contributed by atoms with Crippen LogP contribution in [0.3, 0.4) is 0 Å². The molecule has 1 heterocycles. The van der Waals surface area contributed by atoms with Crippen LogP contribution >= 0.6 is 0 Å². The first-order chi connectivity index (χ1) is 7.59. The molecule has 0 spiro atoms. The highest BCUT2D eigenvalue weighted by Gasteiger charge is 2.14. The minimum absolute atomic E-state index is 0.152. The lowest BCUT2D eigenvalue weighted by atomic mass is 10.1. The van der Waals surface area contributed by atoms with E-state index in [-0.39, 0.29) is 17.5 Å². The minimum atomic E-state index is 0.152. The minimum Gasteiger partial charge on any atom is -0.508 e. The van der Waals surface area contributed by atoms with Crippen LogP contribution in [0.5, 0.6) is 11.5 Å². The number of nitrogens with zero attached hydrogens (tertiary/aromatic N) is 2. The molecule has 0 bridgehead atoms. The van der Waals surface area contributed by atoms with E-state index in [2.05, 4.69) is 5.10 Å². The molecule has 4 heteroatoms. The Balaban J connectivity index is 2.54. The molecule has 0 saturated heterocycles. The zero-order valence-electron chi connectivity index (χ0n) is 9.25. The van der Waals surface area contributed by atoms with Crippen molar-refractivity contribution in [1.82, 2.24) is 9.78 Å². The third-order valence-corrected chi connectivity index (χ3v) is 2.41. The Kier molecular flexibility index (Phi) is 2.56. The largest absolute Gasteiger partial charge is 0.508 e. The molecule has 1 aromatic carbocycles. The first-order valence-corrected chi connectivity index (χ1v) is 5.15. The van der Waals surface area contributed by atoms with Gasteiger partial charge in [0.25, 0.3) is 0 Å². The van der Waals surface area contributed by atoms with Crippen LogP contribution in [0.1, 0.15) is 19.9 Å². The second-order valence-electron chi connectivity index (χ2n) is 3.96. The summed E-state index contributed by atoms with van der Waals surface area (Å²) >= 11 is 0. The molecule has 2 rings (SSSR count). The summed E-state index contributed by atoms with van der Waals surface area (Å²) in [6, 6.07) is 6.86. The van der Waals surface area contributed by atoms with Crippen LogP contribution in [0.4, 0.5) is 0 Å². The number of aromatic nitrogens is 2. The first kappa shape index (κ1) is 10.5. The van der Waals surface area contributed by atoms with E-state index in [1.165, 1.54) is 6.20 Å². The maximum absolute atomic E-state index is 9.76. The van der Waals surface area contributed by atoms with Crippen molar-refractivity contribution in [3.8, 4) is 22.8 Å². The SMILES string of the molecule is CC(C)n1ncc(O)c1-c1ccc(O)cc1. The smallest absolute Gasteiger partial charge is 0.161 e. The van der Waals surface area contributed by atoms with Crippen LogP contribution in [-0.4, -0.2) is 20.0 Å². The molecule has 84 valence electrons. The van der Waals surface area contributed by atoms with E-state index >= 15 is 0 Å². The van der Waals surface area contributed by atoms with E-state index in [1.807, 2.05) is 13.8 Å². The van der Waals surface area contributed by atoms with Gasteiger partial charge in [-0.05, 0) is 38.1 Å². The third kappa shape index (κ3) is 1.74. The molecule has 0 radical (unpaired) electrons. The number of hydrogen-bond donors (Lipinski definition) is 2. The second kappa shape index (κ2) is 3.89. The average Bonchev–Trinajstić information content (AvgIpc) is 2.62. The van der Waals surface area contributed by atoms with Crippen LogP contribution in [0.2, 0.25) is 0 Å². The monoisotopic (exact) mass is 218 g/mol.